The number of anilines is 1. The lowest BCUT2D eigenvalue weighted by atomic mass is 10.0. The largest absolute Gasteiger partial charge is 0.456 e. The molecule has 148 valence electrons. The van der Waals surface area contributed by atoms with E-state index in [0.717, 1.165) is 50.4 Å². The Morgan fingerprint density at radius 2 is 1.55 bits per heavy atom. The summed E-state index contributed by atoms with van der Waals surface area (Å²) in [4.78, 5) is 0. The molecule has 0 saturated carbocycles. The molecule has 1 atom stereocenters. The van der Waals surface area contributed by atoms with Crippen LogP contribution in [0.3, 0.4) is 0 Å². The van der Waals surface area contributed by atoms with Crippen molar-refractivity contribution in [3.63, 3.8) is 0 Å². The van der Waals surface area contributed by atoms with E-state index in [1.165, 1.54) is 16.0 Å². The van der Waals surface area contributed by atoms with E-state index in [1.54, 1.807) is 0 Å². The van der Waals surface area contributed by atoms with Crippen LogP contribution in [0, 0.1) is 0 Å². The Morgan fingerprint density at radius 3 is 2.52 bits per heavy atom. The third-order valence-corrected chi connectivity index (χ3v) is 6.32. The minimum absolute atomic E-state index is 0.151. The first kappa shape index (κ1) is 16.8. The number of benzene rings is 4. The maximum atomic E-state index is 6.37. The van der Waals surface area contributed by atoms with Crippen molar-refractivity contribution in [2.75, 3.05) is 5.32 Å². The van der Waals surface area contributed by atoms with Gasteiger partial charge in [0, 0.05) is 27.1 Å². The molecular weight excluding hydrogens is 382 g/mol. The molecular formula is C28H19NO2. The molecule has 7 rings (SSSR count). The number of para-hydroxylation sites is 1. The van der Waals surface area contributed by atoms with Crippen molar-refractivity contribution in [2.24, 2.45) is 0 Å². The fourth-order valence-electron chi connectivity index (χ4n) is 4.89. The maximum absolute atomic E-state index is 6.37. The molecule has 0 aliphatic heterocycles. The normalized spacial score (nSPS) is 15.8. The van der Waals surface area contributed by atoms with E-state index in [4.69, 9.17) is 8.83 Å². The molecule has 1 aliphatic carbocycles. The highest BCUT2D eigenvalue weighted by Crippen LogP contribution is 2.34. The minimum atomic E-state index is 0.151. The van der Waals surface area contributed by atoms with Gasteiger partial charge in [0.1, 0.15) is 22.2 Å². The molecule has 2 heterocycles. The molecule has 0 bridgehead atoms. The number of furan rings is 2. The molecule has 0 radical (unpaired) electrons. The van der Waals surface area contributed by atoms with E-state index in [1.807, 2.05) is 24.3 Å². The summed E-state index contributed by atoms with van der Waals surface area (Å²) in [7, 11) is 0. The van der Waals surface area contributed by atoms with Crippen LogP contribution in [-0.4, -0.2) is 6.04 Å². The first-order valence-corrected chi connectivity index (χ1v) is 10.6. The molecule has 0 spiro atoms. The van der Waals surface area contributed by atoms with Crippen LogP contribution in [0.25, 0.3) is 55.8 Å². The Bertz CT molecular complexity index is 1750. The zero-order valence-electron chi connectivity index (χ0n) is 16.8. The van der Waals surface area contributed by atoms with Gasteiger partial charge in [0.2, 0.25) is 0 Å². The van der Waals surface area contributed by atoms with Gasteiger partial charge in [-0.2, -0.15) is 0 Å². The van der Waals surface area contributed by atoms with Crippen LogP contribution in [-0.2, 0) is 0 Å². The molecule has 3 heteroatoms. The summed E-state index contributed by atoms with van der Waals surface area (Å²) in [5, 5.41) is 10.7. The van der Waals surface area contributed by atoms with Gasteiger partial charge in [-0.25, -0.2) is 0 Å². The van der Waals surface area contributed by atoms with Crippen LogP contribution in [0.4, 0.5) is 5.69 Å². The van der Waals surface area contributed by atoms with Gasteiger partial charge in [-0.3, -0.25) is 0 Å². The molecule has 0 amide bonds. The summed E-state index contributed by atoms with van der Waals surface area (Å²) in [5.74, 6) is 0. The quantitative estimate of drug-likeness (QED) is 0.391. The number of hydrogen-bond acceptors (Lipinski definition) is 3. The Kier molecular flexibility index (Phi) is 3.39. The summed E-state index contributed by atoms with van der Waals surface area (Å²) >= 11 is 0. The average molecular weight is 401 g/mol. The van der Waals surface area contributed by atoms with E-state index in [-0.39, 0.29) is 6.04 Å². The van der Waals surface area contributed by atoms with Gasteiger partial charge in [0.25, 0.3) is 0 Å². The molecule has 1 aliphatic rings. The highest BCUT2D eigenvalue weighted by molar-refractivity contribution is 6.11. The summed E-state index contributed by atoms with van der Waals surface area (Å²) in [6, 6.07) is 27.3. The Morgan fingerprint density at radius 1 is 0.710 bits per heavy atom. The topological polar surface area (TPSA) is 38.3 Å². The first-order chi connectivity index (χ1) is 15.3. The third kappa shape index (κ3) is 2.47. The van der Waals surface area contributed by atoms with Crippen LogP contribution < -0.4 is 16.0 Å². The van der Waals surface area contributed by atoms with E-state index < -0.39 is 0 Å². The van der Waals surface area contributed by atoms with Crippen molar-refractivity contribution in [3.8, 4) is 0 Å². The van der Waals surface area contributed by atoms with E-state index in [2.05, 4.69) is 72.1 Å². The Hall–Kier alpha value is -3.98. The van der Waals surface area contributed by atoms with Crippen LogP contribution in [0.15, 0.2) is 87.7 Å². The fraction of sp³-hybridized carbons (Fsp3) is 0.0714. The van der Waals surface area contributed by atoms with E-state index >= 15 is 0 Å². The second kappa shape index (κ2) is 6.26. The molecule has 6 aromatic rings. The monoisotopic (exact) mass is 401 g/mol. The van der Waals surface area contributed by atoms with Gasteiger partial charge >= 0.3 is 0 Å². The number of rotatable bonds is 2. The third-order valence-electron chi connectivity index (χ3n) is 6.32. The van der Waals surface area contributed by atoms with Gasteiger partial charge in [0.15, 0.2) is 0 Å². The predicted octanol–water partition coefficient (Wildman–Crippen LogP) is 5.93. The van der Waals surface area contributed by atoms with Gasteiger partial charge in [-0.15, -0.1) is 0 Å². The maximum Gasteiger partial charge on any atom is 0.143 e. The Balaban J connectivity index is 1.36. The van der Waals surface area contributed by atoms with Crippen molar-refractivity contribution >= 4 is 61.5 Å². The van der Waals surface area contributed by atoms with Crippen LogP contribution in [0.1, 0.15) is 6.42 Å². The molecule has 4 aromatic carbocycles. The summed E-state index contributed by atoms with van der Waals surface area (Å²) < 4.78 is 12.4. The van der Waals surface area contributed by atoms with Gasteiger partial charge in [0.05, 0.1) is 11.4 Å². The van der Waals surface area contributed by atoms with Crippen molar-refractivity contribution in [1.29, 1.82) is 0 Å². The lowest BCUT2D eigenvalue weighted by molar-refractivity contribution is 0.573. The van der Waals surface area contributed by atoms with Crippen molar-refractivity contribution < 1.29 is 8.83 Å². The molecule has 1 N–H and O–H groups in total. The SMILES string of the molecule is C1=c2oc3c(ccc4ccccc43)c2=CCC1Nc1cccc2oc3ccccc3c12. The average Bonchev–Trinajstić information content (AvgIpc) is 3.37. The second-order valence-electron chi connectivity index (χ2n) is 8.18. The lowest BCUT2D eigenvalue weighted by Crippen LogP contribution is -2.31. The van der Waals surface area contributed by atoms with E-state index in [0.29, 0.717) is 0 Å². The molecule has 2 aromatic heterocycles. The molecule has 3 nitrogen and oxygen atoms in total. The molecule has 0 saturated heterocycles. The van der Waals surface area contributed by atoms with Crippen molar-refractivity contribution in [3.05, 3.63) is 89.5 Å². The highest BCUT2D eigenvalue weighted by Gasteiger charge is 2.16. The number of hydrogen-bond donors (Lipinski definition) is 1. The zero-order valence-corrected chi connectivity index (χ0v) is 16.8. The first-order valence-electron chi connectivity index (χ1n) is 10.6. The fourth-order valence-corrected chi connectivity index (χ4v) is 4.89. The van der Waals surface area contributed by atoms with Crippen LogP contribution >= 0.6 is 0 Å². The zero-order chi connectivity index (χ0) is 20.4. The van der Waals surface area contributed by atoms with Gasteiger partial charge in [-0.05, 0) is 42.1 Å². The van der Waals surface area contributed by atoms with Crippen LogP contribution in [0.2, 0.25) is 0 Å². The molecule has 0 fully saturated rings. The number of fused-ring (bicyclic) bond motifs is 8. The lowest BCUT2D eigenvalue weighted by Gasteiger charge is -2.16. The van der Waals surface area contributed by atoms with Gasteiger partial charge in [-0.1, -0.05) is 60.7 Å². The Labute approximate surface area is 177 Å². The standard InChI is InChI=1S/C28H19NO2/c1-2-7-19-17(6-1)12-14-21-20-15-13-18(16-26(20)31-28(19)21)29-23-9-5-11-25-27(23)22-8-3-4-10-24(22)30-25/h1-12,14-16,18,29H,13H2. The second-order valence-corrected chi connectivity index (χ2v) is 8.18. The van der Waals surface area contributed by atoms with Crippen molar-refractivity contribution in [2.45, 2.75) is 12.5 Å². The molecule has 31 heavy (non-hydrogen) atoms. The predicted molar refractivity (Wildman–Crippen MR) is 128 cm³/mol. The summed E-state index contributed by atoms with van der Waals surface area (Å²) in [6.45, 7) is 0. The minimum Gasteiger partial charge on any atom is -0.456 e. The van der Waals surface area contributed by atoms with Crippen LogP contribution in [0.5, 0.6) is 0 Å². The number of nitrogens with one attached hydrogen (secondary N) is 1. The van der Waals surface area contributed by atoms with E-state index in [9.17, 15) is 0 Å². The summed E-state index contributed by atoms with van der Waals surface area (Å²) in [5.41, 5.74) is 4.82. The summed E-state index contributed by atoms with van der Waals surface area (Å²) in [6.07, 6.45) is 5.41. The van der Waals surface area contributed by atoms with Gasteiger partial charge < -0.3 is 14.2 Å². The highest BCUT2D eigenvalue weighted by atomic mass is 16.3. The van der Waals surface area contributed by atoms with Crippen molar-refractivity contribution in [1.82, 2.24) is 0 Å². The molecule has 1 unspecified atom stereocenters. The smallest absolute Gasteiger partial charge is 0.143 e.